The summed E-state index contributed by atoms with van der Waals surface area (Å²) in [5, 5.41) is 9.69. The Hall–Kier alpha value is -1.06. The first kappa shape index (κ1) is 14.0. The number of aliphatic carboxylic acids is 1. The molecule has 0 bridgehead atoms. The van der Waals surface area contributed by atoms with Crippen LogP contribution in [0.3, 0.4) is 0 Å². The van der Waals surface area contributed by atoms with Gasteiger partial charge in [-0.15, -0.1) is 0 Å². The predicted octanol–water partition coefficient (Wildman–Crippen LogP) is 3.01. The van der Waals surface area contributed by atoms with Crippen LogP contribution in [0.15, 0.2) is 24.3 Å². The highest BCUT2D eigenvalue weighted by atomic mass is 35.5. The van der Waals surface area contributed by atoms with Gasteiger partial charge in [-0.05, 0) is 23.6 Å². The van der Waals surface area contributed by atoms with E-state index >= 15 is 0 Å². The Kier molecular flexibility index (Phi) is 5.45. The molecule has 1 atom stereocenters. The fourth-order valence-corrected chi connectivity index (χ4v) is 1.49. The fraction of sp³-hybridized carbons (Fsp3) is 0.462. The summed E-state index contributed by atoms with van der Waals surface area (Å²) in [5.41, 5.74) is 0.908. The van der Waals surface area contributed by atoms with Crippen LogP contribution in [0.1, 0.15) is 19.4 Å². The number of rotatable bonds is 6. The van der Waals surface area contributed by atoms with Gasteiger partial charge in [0.2, 0.25) is 0 Å². The van der Waals surface area contributed by atoms with Crippen LogP contribution < -0.4 is 0 Å². The Morgan fingerprint density at radius 1 is 1.35 bits per heavy atom. The van der Waals surface area contributed by atoms with E-state index in [0.29, 0.717) is 24.0 Å². The van der Waals surface area contributed by atoms with Crippen molar-refractivity contribution >= 4 is 17.6 Å². The van der Waals surface area contributed by atoms with Gasteiger partial charge in [-0.2, -0.15) is 0 Å². The molecule has 1 aromatic carbocycles. The maximum atomic E-state index is 11.0. The lowest BCUT2D eigenvalue weighted by molar-refractivity contribution is -0.150. The SMILES string of the molecule is CC(C)COC(Cc1ccc(Cl)cc1)C(=O)O. The average molecular weight is 257 g/mol. The van der Waals surface area contributed by atoms with E-state index < -0.39 is 12.1 Å². The second kappa shape index (κ2) is 6.62. The highest BCUT2D eigenvalue weighted by Gasteiger charge is 2.18. The van der Waals surface area contributed by atoms with Gasteiger partial charge in [0.15, 0.2) is 6.10 Å². The lowest BCUT2D eigenvalue weighted by Crippen LogP contribution is -2.27. The Balaban J connectivity index is 2.60. The van der Waals surface area contributed by atoms with Crippen molar-refractivity contribution in [1.82, 2.24) is 0 Å². The lowest BCUT2D eigenvalue weighted by atomic mass is 10.1. The molecule has 0 aliphatic carbocycles. The monoisotopic (exact) mass is 256 g/mol. The molecule has 1 N–H and O–H groups in total. The van der Waals surface area contributed by atoms with Crippen LogP contribution in [0.25, 0.3) is 0 Å². The van der Waals surface area contributed by atoms with Crippen LogP contribution in [-0.4, -0.2) is 23.8 Å². The van der Waals surface area contributed by atoms with E-state index in [4.69, 9.17) is 21.4 Å². The fourth-order valence-electron chi connectivity index (χ4n) is 1.36. The van der Waals surface area contributed by atoms with Gasteiger partial charge < -0.3 is 9.84 Å². The van der Waals surface area contributed by atoms with Crippen LogP contribution in [0.2, 0.25) is 5.02 Å². The van der Waals surface area contributed by atoms with E-state index in [9.17, 15) is 4.79 Å². The van der Waals surface area contributed by atoms with Crippen molar-refractivity contribution in [1.29, 1.82) is 0 Å². The molecule has 0 radical (unpaired) electrons. The van der Waals surface area contributed by atoms with E-state index in [2.05, 4.69) is 0 Å². The zero-order valence-electron chi connectivity index (χ0n) is 10.0. The van der Waals surface area contributed by atoms with Gasteiger partial charge in [-0.3, -0.25) is 0 Å². The Labute approximate surface area is 106 Å². The molecule has 3 nitrogen and oxygen atoms in total. The summed E-state index contributed by atoms with van der Waals surface area (Å²) in [7, 11) is 0. The van der Waals surface area contributed by atoms with Crippen LogP contribution in [0.4, 0.5) is 0 Å². The molecule has 1 aromatic rings. The van der Waals surface area contributed by atoms with Crippen molar-refractivity contribution in [3.8, 4) is 0 Å². The second-order valence-electron chi connectivity index (χ2n) is 4.38. The van der Waals surface area contributed by atoms with Crippen LogP contribution in [0, 0.1) is 5.92 Å². The minimum Gasteiger partial charge on any atom is -0.479 e. The predicted molar refractivity (Wildman–Crippen MR) is 67.4 cm³/mol. The Morgan fingerprint density at radius 2 is 1.94 bits per heavy atom. The molecule has 17 heavy (non-hydrogen) atoms. The van der Waals surface area contributed by atoms with E-state index in [-0.39, 0.29) is 0 Å². The topological polar surface area (TPSA) is 46.5 Å². The summed E-state index contributed by atoms with van der Waals surface area (Å²) in [5.74, 6) is -0.609. The summed E-state index contributed by atoms with van der Waals surface area (Å²) >= 11 is 5.77. The van der Waals surface area contributed by atoms with E-state index in [1.54, 1.807) is 12.1 Å². The molecule has 0 fully saturated rings. The highest BCUT2D eigenvalue weighted by Crippen LogP contribution is 2.13. The molecule has 0 spiro atoms. The molecule has 0 amide bonds. The number of carboxylic acid groups (broad SMARTS) is 1. The minimum atomic E-state index is -0.930. The molecule has 4 heteroatoms. The first-order chi connectivity index (χ1) is 7.99. The molecular formula is C13H17ClO3. The minimum absolute atomic E-state index is 0.321. The first-order valence-corrected chi connectivity index (χ1v) is 5.95. The van der Waals surface area contributed by atoms with Crippen molar-refractivity contribution in [2.45, 2.75) is 26.4 Å². The summed E-state index contributed by atoms with van der Waals surface area (Å²) < 4.78 is 5.37. The largest absolute Gasteiger partial charge is 0.479 e. The van der Waals surface area contributed by atoms with E-state index in [1.165, 1.54) is 0 Å². The van der Waals surface area contributed by atoms with E-state index in [1.807, 2.05) is 26.0 Å². The van der Waals surface area contributed by atoms with Crippen molar-refractivity contribution in [3.63, 3.8) is 0 Å². The van der Waals surface area contributed by atoms with Gasteiger partial charge in [0.1, 0.15) is 0 Å². The molecule has 0 saturated heterocycles. The number of carboxylic acids is 1. The lowest BCUT2D eigenvalue weighted by Gasteiger charge is -2.15. The average Bonchev–Trinajstić information content (AvgIpc) is 2.26. The third-order valence-corrected chi connectivity index (χ3v) is 2.49. The molecule has 0 aliphatic heterocycles. The third-order valence-electron chi connectivity index (χ3n) is 2.24. The summed E-state index contributed by atoms with van der Waals surface area (Å²) in [4.78, 5) is 11.0. The molecule has 0 saturated carbocycles. The molecular weight excluding hydrogens is 240 g/mol. The summed E-state index contributed by atoms with van der Waals surface area (Å²) in [6.45, 7) is 4.42. The van der Waals surface area contributed by atoms with Crippen LogP contribution in [0.5, 0.6) is 0 Å². The molecule has 0 aliphatic rings. The number of hydrogen-bond donors (Lipinski definition) is 1. The first-order valence-electron chi connectivity index (χ1n) is 5.58. The second-order valence-corrected chi connectivity index (χ2v) is 4.82. The van der Waals surface area contributed by atoms with Gasteiger partial charge in [-0.1, -0.05) is 37.6 Å². The van der Waals surface area contributed by atoms with E-state index in [0.717, 1.165) is 5.56 Å². The van der Waals surface area contributed by atoms with Gasteiger partial charge >= 0.3 is 5.97 Å². The number of halogens is 1. The standard InChI is InChI=1S/C13H17ClO3/c1-9(2)8-17-12(13(15)16)7-10-3-5-11(14)6-4-10/h3-6,9,12H,7-8H2,1-2H3,(H,15,16). The van der Waals surface area contributed by atoms with Crippen LogP contribution in [-0.2, 0) is 16.0 Å². The quantitative estimate of drug-likeness (QED) is 0.851. The maximum absolute atomic E-state index is 11.0. The molecule has 94 valence electrons. The van der Waals surface area contributed by atoms with Crippen molar-refractivity contribution in [2.75, 3.05) is 6.61 Å². The zero-order chi connectivity index (χ0) is 12.8. The van der Waals surface area contributed by atoms with Crippen molar-refractivity contribution in [3.05, 3.63) is 34.9 Å². The Morgan fingerprint density at radius 3 is 2.41 bits per heavy atom. The third kappa shape index (κ3) is 5.20. The Bertz CT molecular complexity index is 359. The van der Waals surface area contributed by atoms with Gasteiger partial charge in [0.05, 0.1) is 6.61 Å². The normalized spacial score (nSPS) is 12.7. The smallest absolute Gasteiger partial charge is 0.333 e. The van der Waals surface area contributed by atoms with Crippen molar-refractivity contribution < 1.29 is 14.6 Å². The molecule has 0 heterocycles. The number of hydrogen-bond acceptors (Lipinski definition) is 2. The summed E-state index contributed by atoms with van der Waals surface area (Å²) in [6, 6.07) is 7.13. The summed E-state index contributed by atoms with van der Waals surface area (Å²) in [6.07, 6.45) is -0.433. The number of ether oxygens (including phenoxy) is 1. The zero-order valence-corrected chi connectivity index (χ0v) is 10.8. The molecule has 1 rings (SSSR count). The highest BCUT2D eigenvalue weighted by molar-refractivity contribution is 6.30. The number of benzene rings is 1. The van der Waals surface area contributed by atoms with Crippen molar-refractivity contribution in [2.24, 2.45) is 5.92 Å². The maximum Gasteiger partial charge on any atom is 0.333 e. The molecule has 0 aromatic heterocycles. The van der Waals surface area contributed by atoms with Gasteiger partial charge in [-0.25, -0.2) is 4.79 Å². The number of carbonyl (C=O) groups is 1. The molecule has 1 unspecified atom stereocenters. The van der Waals surface area contributed by atoms with Gasteiger partial charge in [0, 0.05) is 11.4 Å². The van der Waals surface area contributed by atoms with Gasteiger partial charge in [0.25, 0.3) is 0 Å². The van der Waals surface area contributed by atoms with Crippen LogP contribution >= 0.6 is 11.6 Å².